The Morgan fingerprint density at radius 3 is 2.80 bits per heavy atom. The maximum absolute atomic E-state index is 12.5. The normalized spacial score (nSPS) is 12.4. The molecule has 4 rings (SSSR count). The van der Waals surface area contributed by atoms with Gasteiger partial charge in [-0.2, -0.15) is 0 Å². The predicted octanol–water partition coefficient (Wildman–Crippen LogP) is 4.29. The van der Waals surface area contributed by atoms with Crippen LogP contribution in [-0.4, -0.2) is 39.6 Å². The van der Waals surface area contributed by atoms with E-state index in [-0.39, 0.29) is 11.7 Å². The Labute approximate surface area is 183 Å². The summed E-state index contributed by atoms with van der Waals surface area (Å²) in [6.45, 7) is 5.32. The third-order valence-electron chi connectivity index (χ3n) is 4.30. The second-order valence-electron chi connectivity index (χ2n) is 6.38. The van der Waals surface area contributed by atoms with Gasteiger partial charge in [0.15, 0.2) is 22.5 Å². The fourth-order valence-electron chi connectivity index (χ4n) is 2.98. The Morgan fingerprint density at radius 1 is 1.20 bits per heavy atom. The molecule has 3 aromatic rings. The molecule has 0 saturated carbocycles. The van der Waals surface area contributed by atoms with Gasteiger partial charge in [0.25, 0.3) is 0 Å². The smallest absolute Gasteiger partial charge is 0.234 e. The van der Waals surface area contributed by atoms with E-state index in [0.717, 1.165) is 5.56 Å². The zero-order chi connectivity index (χ0) is 20.9. The number of carbonyl (C=O) groups is 1. The number of nitrogens with one attached hydrogen (secondary N) is 1. The monoisotopic (exact) mass is 442 g/mol. The fourth-order valence-corrected chi connectivity index (χ4v) is 3.95. The molecule has 7 nitrogen and oxygen atoms in total. The van der Waals surface area contributed by atoms with E-state index >= 15 is 0 Å². The molecule has 1 aromatic heterocycles. The van der Waals surface area contributed by atoms with E-state index in [1.54, 1.807) is 30.3 Å². The molecule has 154 valence electrons. The highest BCUT2D eigenvalue weighted by molar-refractivity contribution is 7.99. The SMILES string of the molecule is C=CCn1c(SCC(=O)Nc2ccc3c(c2)OCCO3)nnc1-c1ccccc1Cl. The van der Waals surface area contributed by atoms with E-state index in [9.17, 15) is 4.79 Å². The Morgan fingerprint density at radius 2 is 2.00 bits per heavy atom. The van der Waals surface area contributed by atoms with Gasteiger partial charge < -0.3 is 14.8 Å². The molecule has 9 heteroatoms. The molecule has 0 radical (unpaired) electrons. The molecule has 2 heterocycles. The van der Waals surface area contributed by atoms with Crippen LogP contribution in [0.1, 0.15) is 0 Å². The van der Waals surface area contributed by atoms with Crippen LogP contribution in [0.3, 0.4) is 0 Å². The quantitative estimate of drug-likeness (QED) is 0.434. The second kappa shape index (κ2) is 9.23. The van der Waals surface area contributed by atoms with Crippen molar-refractivity contribution >= 4 is 35.0 Å². The van der Waals surface area contributed by atoms with Crippen LogP contribution in [-0.2, 0) is 11.3 Å². The van der Waals surface area contributed by atoms with Crippen molar-refractivity contribution < 1.29 is 14.3 Å². The number of anilines is 1. The molecule has 0 unspecified atom stereocenters. The van der Waals surface area contributed by atoms with Crippen molar-refractivity contribution in [1.82, 2.24) is 14.8 Å². The Bertz CT molecular complexity index is 1090. The number of halogens is 1. The molecule has 0 aliphatic carbocycles. The fraction of sp³-hybridized carbons (Fsp3) is 0.190. The summed E-state index contributed by atoms with van der Waals surface area (Å²) in [6, 6.07) is 12.8. The van der Waals surface area contributed by atoms with Gasteiger partial charge >= 0.3 is 0 Å². The number of carbonyl (C=O) groups excluding carboxylic acids is 1. The first-order valence-electron chi connectivity index (χ1n) is 9.27. The Kier molecular flexibility index (Phi) is 6.25. The van der Waals surface area contributed by atoms with Crippen LogP contribution in [0.4, 0.5) is 5.69 Å². The van der Waals surface area contributed by atoms with Crippen molar-refractivity contribution in [2.24, 2.45) is 0 Å². The van der Waals surface area contributed by atoms with Crippen LogP contribution < -0.4 is 14.8 Å². The molecular formula is C21H19ClN4O3S. The van der Waals surface area contributed by atoms with Gasteiger partial charge in [-0.15, -0.1) is 16.8 Å². The zero-order valence-electron chi connectivity index (χ0n) is 16.0. The average molecular weight is 443 g/mol. The van der Waals surface area contributed by atoms with Crippen molar-refractivity contribution in [3.63, 3.8) is 0 Å². The van der Waals surface area contributed by atoms with Crippen molar-refractivity contribution in [3.05, 3.63) is 60.1 Å². The van der Waals surface area contributed by atoms with Crippen LogP contribution in [0.25, 0.3) is 11.4 Å². The van der Waals surface area contributed by atoms with Gasteiger partial charge in [-0.1, -0.05) is 41.6 Å². The van der Waals surface area contributed by atoms with E-state index in [0.29, 0.717) is 52.9 Å². The van der Waals surface area contributed by atoms with Crippen LogP contribution in [0.5, 0.6) is 11.5 Å². The van der Waals surface area contributed by atoms with Gasteiger partial charge in [0.1, 0.15) is 13.2 Å². The Balaban J connectivity index is 1.45. The molecule has 30 heavy (non-hydrogen) atoms. The first-order valence-corrected chi connectivity index (χ1v) is 10.6. The number of rotatable bonds is 7. The van der Waals surface area contributed by atoms with E-state index < -0.39 is 0 Å². The molecule has 1 amide bonds. The number of ether oxygens (including phenoxy) is 2. The highest BCUT2D eigenvalue weighted by Gasteiger charge is 2.17. The van der Waals surface area contributed by atoms with Crippen molar-refractivity contribution in [3.8, 4) is 22.9 Å². The lowest BCUT2D eigenvalue weighted by atomic mass is 10.2. The number of benzene rings is 2. The maximum atomic E-state index is 12.5. The van der Waals surface area contributed by atoms with Crippen molar-refractivity contribution in [1.29, 1.82) is 0 Å². The number of hydrogen-bond acceptors (Lipinski definition) is 6. The van der Waals surface area contributed by atoms with Crippen LogP contribution in [0.2, 0.25) is 5.02 Å². The molecule has 0 atom stereocenters. The molecular weight excluding hydrogens is 424 g/mol. The number of thioether (sulfide) groups is 1. The minimum absolute atomic E-state index is 0.163. The molecule has 0 spiro atoms. The average Bonchev–Trinajstić information content (AvgIpc) is 3.15. The molecule has 0 saturated heterocycles. The van der Waals surface area contributed by atoms with Gasteiger partial charge in [-0.25, -0.2) is 0 Å². The molecule has 1 N–H and O–H groups in total. The van der Waals surface area contributed by atoms with E-state index in [4.69, 9.17) is 21.1 Å². The number of hydrogen-bond donors (Lipinski definition) is 1. The van der Waals surface area contributed by atoms with Gasteiger partial charge in [-0.05, 0) is 24.3 Å². The summed E-state index contributed by atoms with van der Waals surface area (Å²) in [4.78, 5) is 12.5. The summed E-state index contributed by atoms with van der Waals surface area (Å²) in [7, 11) is 0. The van der Waals surface area contributed by atoms with Crippen molar-refractivity contribution in [2.45, 2.75) is 11.7 Å². The number of amides is 1. The van der Waals surface area contributed by atoms with Gasteiger partial charge in [0, 0.05) is 23.9 Å². The van der Waals surface area contributed by atoms with Gasteiger partial charge in [0.05, 0.1) is 10.8 Å². The van der Waals surface area contributed by atoms with Crippen LogP contribution >= 0.6 is 23.4 Å². The number of allylic oxidation sites excluding steroid dienone is 1. The standard InChI is InChI=1S/C21H19ClN4O3S/c1-2-9-26-20(15-5-3-4-6-16(15)22)24-25-21(26)30-13-19(27)23-14-7-8-17-18(12-14)29-11-10-28-17/h2-8,12H,1,9-11,13H2,(H,23,27). The summed E-state index contributed by atoms with van der Waals surface area (Å²) < 4.78 is 12.9. The number of fused-ring (bicyclic) bond motifs is 1. The Hall–Kier alpha value is -2.97. The molecule has 1 aliphatic rings. The lowest BCUT2D eigenvalue weighted by molar-refractivity contribution is -0.113. The summed E-state index contributed by atoms with van der Waals surface area (Å²) in [5.74, 6) is 1.95. The summed E-state index contributed by atoms with van der Waals surface area (Å²) >= 11 is 7.61. The molecule has 0 bridgehead atoms. The minimum atomic E-state index is -0.163. The summed E-state index contributed by atoms with van der Waals surface area (Å²) in [5, 5.41) is 12.6. The van der Waals surface area contributed by atoms with E-state index in [1.807, 2.05) is 22.8 Å². The van der Waals surface area contributed by atoms with Crippen LogP contribution in [0.15, 0.2) is 60.3 Å². The first-order chi connectivity index (χ1) is 14.7. The molecule has 1 aliphatic heterocycles. The lowest BCUT2D eigenvalue weighted by Crippen LogP contribution is -2.17. The highest BCUT2D eigenvalue weighted by atomic mass is 35.5. The third kappa shape index (κ3) is 4.44. The summed E-state index contributed by atoms with van der Waals surface area (Å²) in [6.07, 6.45) is 1.75. The number of aromatic nitrogens is 3. The highest BCUT2D eigenvalue weighted by Crippen LogP contribution is 2.33. The van der Waals surface area contributed by atoms with Crippen LogP contribution in [0, 0.1) is 0 Å². The number of nitrogens with zero attached hydrogens (tertiary/aromatic N) is 3. The summed E-state index contributed by atoms with van der Waals surface area (Å²) in [5.41, 5.74) is 1.43. The second-order valence-corrected chi connectivity index (χ2v) is 7.73. The molecule has 0 fully saturated rings. The zero-order valence-corrected chi connectivity index (χ0v) is 17.6. The lowest BCUT2D eigenvalue weighted by Gasteiger charge is -2.19. The largest absolute Gasteiger partial charge is 0.486 e. The maximum Gasteiger partial charge on any atom is 0.234 e. The topological polar surface area (TPSA) is 78.3 Å². The third-order valence-corrected chi connectivity index (χ3v) is 5.60. The predicted molar refractivity (Wildman–Crippen MR) is 117 cm³/mol. The van der Waals surface area contributed by atoms with E-state index in [1.165, 1.54) is 11.8 Å². The van der Waals surface area contributed by atoms with E-state index in [2.05, 4.69) is 22.1 Å². The van der Waals surface area contributed by atoms with Gasteiger partial charge in [0.2, 0.25) is 5.91 Å². The first kappa shape index (κ1) is 20.3. The van der Waals surface area contributed by atoms with Crippen molar-refractivity contribution in [2.75, 3.05) is 24.3 Å². The molecule has 2 aromatic carbocycles. The van der Waals surface area contributed by atoms with Gasteiger partial charge in [-0.3, -0.25) is 9.36 Å². The minimum Gasteiger partial charge on any atom is -0.486 e.